The molecule has 0 bridgehead atoms. The molecule has 1 unspecified atom stereocenters. The molecule has 3 N–H and O–H groups in total. The SMILES string of the molecule is CC(CN)CCC(=O)Nc1c(Cl)ncnc1Cl. The first-order chi connectivity index (χ1) is 8.04. The second-order valence-corrected chi connectivity index (χ2v) is 4.47. The van der Waals surface area contributed by atoms with Crippen LogP contribution in [0.15, 0.2) is 6.33 Å². The molecule has 0 fully saturated rings. The third kappa shape index (κ3) is 4.46. The van der Waals surface area contributed by atoms with Gasteiger partial charge in [0.15, 0.2) is 10.3 Å². The lowest BCUT2D eigenvalue weighted by atomic mass is 10.1. The predicted molar refractivity (Wildman–Crippen MR) is 68.1 cm³/mol. The second-order valence-electron chi connectivity index (χ2n) is 3.76. The molecule has 1 amide bonds. The van der Waals surface area contributed by atoms with E-state index < -0.39 is 0 Å². The van der Waals surface area contributed by atoms with Crippen molar-refractivity contribution in [3.05, 3.63) is 16.6 Å². The molecule has 94 valence electrons. The van der Waals surface area contributed by atoms with Gasteiger partial charge in [-0.1, -0.05) is 30.1 Å². The highest BCUT2D eigenvalue weighted by atomic mass is 35.5. The summed E-state index contributed by atoms with van der Waals surface area (Å²) in [5, 5.41) is 2.85. The van der Waals surface area contributed by atoms with Crippen LogP contribution in [0.1, 0.15) is 19.8 Å². The number of nitrogens with two attached hydrogens (primary N) is 1. The van der Waals surface area contributed by atoms with Gasteiger partial charge in [-0.15, -0.1) is 0 Å². The zero-order chi connectivity index (χ0) is 12.8. The minimum Gasteiger partial charge on any atom is -0.330 e. The van der Waals surface area contributed by atoms with E-state index in [0.717, 1.165) is 0 Å². The van der Waals surface area contributed by atoms with E-state index in [-0.39, 0.29) is 21.9 Å². The second kappa shape index (κ2) is 6.74. The molecule has 1 atom stereocenters. The molecule has 0 saturated carbocycles. The number of hydrogen-bond acceptors (Lipinski definition) is 4. The zero-order valence-electron chi connectivity index (χ0n) is 9.41. The minimum absolute atomic E-state index is 0.130. The molecule has 0 aromatic carbocycles. The molecule has 0 saturated heterocycles. The van der Waals surface area contributed by atoms with Crippen molar-refractivity contribution in [1.82, 2.24) is 9.97 Å². The fourth-order valence-electron chi connectivity index (χ4n) is 1.14. The first-order valence-corrected chi connectivity index (χ1v) is 5.96. The Balaban J connectivity index is 2.56. The van der Waals surface area contributed by atoms with E-state index in [4.69, 9.17) is 28.9 Å². The minimum atomic E-state index is -0.177. The Morgan fingerprint density at radius 1 is 1.47 bits per heavy atom. The number of rotatable bonds is 5. The summed E-state index contributed by atoms with van der Waals surface area (Å²) >= 11 is 11.6. The topological polar surface area (TPSA) is 80.9 Å². The highest BCUT2D eigenvalue weighted by Gasteiger charge is 2.12. The number of anilines is 1. The summed E-state index contributed by atoms with van der Waals surface area (Å²) in [5.74, 6) is 0.127. The van der Waals surface area contributed by atoms with E-state index in [1.807, 2.05) is 6.92 Å². The van der Waals surface area contributed by atoms with Gasteiger partial charge in [-0.05, 0) is 18.9 Å². The van der Waals surface area contributed by atoms with Crippen LogP contribution in [0.4, 0.5) is 5.69 Å². The fraction of sp³-hybridized carbons (Fsp3) is 0.500. The van der Waals surface area contributed by atoms with Crippen LogP contribution in [0.25, 0.3) is 0 Å². The van der Waals surface area contributed by atoms with Crippen LogP contribution in [-0.2, 0) is 4.79 Å². The predicted octanol–water partition coefficient (Wildman–Crippen LogP) is 2.10. The number of nitrogens with one attached hydrogen (secondary N) is 1. The van der Waals surface area contributed by atoms with Crippen molar-refractivity contribution < 1.29 is 4.79 Å². The van der Waals surface area contributed by atoms with Gasteiger partial charge in [0.05, 0.1) is 0 Å². The molecular weight excluding hydrogens is 263 g/mol. The van der Waals surface area contributed by atoms with Crippen LogP contribution in [-0.4, -0.2) is 22.4 Å². The van der Waals surface area contributed by atoms with Gasteiger partial charge in [-0.3, -0.25) is 4.79 Å². The summed E-state index contributed by atoms with van der Waals surface area (Å²) in [6.45, 7) is 2.54. The molecule has 1 aromatic rings. The van der Waals surface area contributed by atoms with Gasteiger partial charge in [0.25, 0.3) is 0 Å². The van der Waals surface area contributed by atoms with Crippen LogP contribution >= 0.6 is 23.2 Å². The van der Waals surface area contributed by atoms with Crippen molar-refractivity contribution in [3.8, 4) is 0 Å². The third-order valence-corrected chi connectivity index (χ3v) is 2.86. The summed E-state index contributed by atoms with van der Waals surface area (Å²) in [4.78, 5) is 19.1. The first-order valence-electron chi connectivity index (χ1n) is 5.20. The van der Waals surface area contributed by atoms with Gasteiger partial charge in [-0.25, -0.2) is 9.97 Å². The maximum absolute atomic E-state index is 11.6. The quantitative estimate of drug-likeness (QED) is 0.807. The molecule has 7 heteroatoms. The number of carbonyl (C=O) groups excluding carboxylic acids is 1. The number of carbonyl (C=O) groups is 1. The van der Waals surface area contributed by atoms with Gasteiger partial charge in [-0.2, -0.15) is 0 Å². The van der Waals surface area contributed by atoms with Gasteiger partial charge < -0.3 is 11.1 Å². The lowest BCUT2D eigenvalue weighted by Crippen LogP contribution is -2.17. The highest BCUT2D eigenvalue weighted by Crippen LogP contribution is 2.25. The first kappa shape index (κ1) is 14.2. The van der Waals surface area contributed by atoms with Crippen LogP contribution in [0.3, 0.4) is 0 Å². The molecule has 1 rings (SSSR count). The molecule has 5 nitrogen and oxygen atoms in total. The lowest BCUT2D eigenvalue weighted by Gasteiger charge is -2.09. The largest absolute Gasteiger partial charge is 0.330 e. The summed E-state index contributed by atoms with van der Waals surface area (Å²) in [5.41, 5.74) is 5.72. The molecule has 1 heterocycles. The normalized spacial score (nSPS) is 12.2. The van der Waals surface area contributed by atoms with Gasteiger partial charge >= 0.3 is 0 Å². The Kier molecular flexibility index (Phi) is 5.61. The van der Waals surface area contributed by atoms with E-state index >= 15 is 0 Å². The number of halogens is 2. The molecule has 17 heavy (non-hydrogen) atoms. The molecule has 1 aromatic heterocycles. The Labute approximate surface area is 110 Å². The summed E-state index contributed by atoms with van der Waals surface area (Å²) in [6.07, 6.45) is 2.31. The van der Waals surface area contributed by atoms with Crippen LogP contribution in [0, 0.1) is 5.92 Å². The van der Waals surface area contributed by atoms with Crippen molar-refractivity contribution in [2.75, 3.05) is 11.9 Å². The van der Waals surface area contributed by atoms with E-state index in [1.165, 1.54) is 6.33 Å². The Bertz CT molecular complexity index is 380. The Morgan fingerprint density at radius 3 is 2.59 bits per heavy atom. The van der Waals surface area contributed by atoms with Gasteiger partial charge in [0.2, 0.25) is 5.91 Å². The van der Waals surface area contributed by atoms with E-state index in [2.05, 4.69) is 15.3 Å². The van der Waals surface area contributed by atoms with Crippen molar-refractivity contribution in [2.45, 2.75) is 19.8 Å². The molecule has 0 spiro atoms. The molecule has 0 radical (unpaired) electrons. The van der Waals surface area contributed by atoms with Crippen LogP contribution in [0.2, 0.25) is 10.3 Å². The summed E-state index contributed by atoms with van der Waals surface area (Å²) in [6, 6.07) is 0. The average Bonchev–Trinajstić information content (AvgIpc) is 2.31. The van der Waals surface area contributed by atoms with Crippen LogP contribution in [0.5, 0.6) is 0 Å². The molecular formula is C10H14Cl2N4O. The lowest BCUT2D eigenvalue weighted by molar-refractivity contribution is -0.116. The monoisotopic (exact) mass is 276 g/mol. The number of nitrogens with zero attached hydrogens (tertiary/aromatic N) is 2. The average molecular weight is 277 g/mol. The standard InChI is InChI=1S/C10H14Cl2N4O/c1-6(4-13)2-3-7(17)16-8-9(11)14-5-15-10(8)12/h5-6H,2-4,13H2,1H3,(H,16,17). The fourth-order valence-corrected chi connectivity index (χ4v) is 1.55. The number of amides is 1. The number of hydrogen-bond donors (Lipinski definition) is 2. The number of aromatic nitrogens is 2. The van der Waals surface area contributed by atoms with Crippen LogP contribution < -0.4 is 11.1 Å². The van der Waals surface area contributed by atoms with E-state index in [1.54, 1.807) is 0 Å². The molecule has 0 aliphatic rings. The molecule has 0 aliphatic carbocycles. The van der Waals surface area contributed by atoms with Gasteiger partial charge in [0, 0.05) is 6.42 Å². The van der Waals surface area contributed by atoms with Crippen molar-refractivity contribution >= 4 is 34.8 Å². The highest BCUT2D eigenvalue weighted by molar-refractivity contribution is 6.38. The van der Waals surface area contributed by atoms with Crippen molar-refractivity contribution in [1.29, 1.82) is 0 Å². The Hall–Kier alpha value is -0.910. The maximum Gasteiger partial charge on any atom is 0.224 e. The smallest absolute Gasteiger partial charge is 0.224 e. The zero-order valence-corrected chi connectivity index (χ0v) is 10.9. The van der Waals surface area contributed by atoms with Crippen molar-refractivity contribution in [3.63, 3.8) is 0 Å². The maximum atomic E-state index is 11.6. The van der Waals surface area contributed by atoms with E-state index in [9.17, 15) is 4.79 Å². The van der Waals surface area contributed by atoms with Crippen molar-refractivity contribution in [2.24, 2.45) is 11.7 Å². The Morgan fingerprint density at radius 2 is 2.06 bits per heavy atom. The third-order valence-electron chi connectivity index (χ3n) is 2.29. The van der Waals surface area contributed by atoms with E-state index in [0.29, 0.717) is 25.3 Å². The molecule has 0 aliphatic heterocycles. The van der Waals surface area contributed by atoms with Gasteiger partial charge in [0.1, 0.15) is 12.0 Å². The summed E-state index contributed by atoms with van der Waals surface area (Å²) < 4.78 is 0. The summed E-state index contributed by atoms with van der Waals surface area (Å²) in [7, 11) is 0.